The van der Waals surface area contributed by atoms with Crippen LogP contribution >= 0.6 is 0 Å². The summed E-state index contributed by atoms with van der Waals surface area (Å²) in [6, 6.07) is 0. The molecule has 3 rings (SSSR count). The molecule has 10 heteroatoms. The zero-order valence-electron chi connectivity index (χ0n) is 11.5. The van der Waals surface area contributed by atoms with Gasteiger partial charge < -0.3 is 14.2 Å². The van der Waals surface area contributed by atoms with E-state index in [1.807, 2.05) is 0 Å². The van der Waals surface area contributed by atoms with E-state index in [4.69, 9.17) is 4.74 Å². The van der Waals surface area contributed by atoms with Gasteiger partial charge in [-0.1, -0.05) is 0 Å². The first-order valence-corrected chi connectivity index (χ1v) is 5.88. The minimum Gasteiger partial charge on any atom is -0.466 e. The van der Waals surface area contributed by atoms with Crippen molar-refractivity contribution < 1.29 is 23.8 Å². The van der Waals surface area contributed by atoms with E-state index in [0.717, 1.165) is 0 Å². The first-order chi connectivity index (χ1) is 9.39. The minimum atomic E-state index is -1.84. The van der Waals surface area contributed by atoms with Gasteiger partial charge in [0.15, 0.2) is 5.72 Å². The number of methoxy groups -OCH3 is 2. The van der Waals surface area contributed by atoms with Crippen LogP contribution in [0.25, 0.3) is 0 Å². The van der Waals surface area contributed by atoms with Gasteiger partial charge in [-0.15, -0.1) is 20.5 Å². The van der Waals surface area contributed by atoms with Crippen LogP contribution in [-0.4, -0.2) is 49.9 Å². The molecule has 0 aromatic rings. The number of hydrogen-bond donors (Lipinski definition) is 1. The van der Waals surface area contributed by atoms with Crippen molar-refractivity contribution in [2.75, 3.05) is 20.8 Å². The van der Waals surface area contributed by atoms with Gasteiger partial charge in [0.1, 0.15) is 0 Å². The van der Waals surface area contributed by atoms with Crippen molar-refractivity contribution in [3.63, 3.8) is 0 Å². The zero-order chi connectivity index (χ0) is 15.0. The quantitative estimate of drug-likeness (QED) is 0.722. The lowest BCUT2D eigenvalue weighted by Crippen LogP contribution is -2.76. The Balaban J connectivity index is 2.53. The number of fused-ring (bicyclic) bond motifs is 1. The van der Waals surface area contributed by atoms with Crippen LogP contribution in [0.2, 0.25) is 0 Å². The molecule has 0 aromatic heterocycles. The highest BCUT2D eigenvalue weighted by atomic mass is 16.6. The molecule has 0 unspecified atom stereocenters. The second-order valence-electron chi connectivity index (χ2n) is 4.32. The van der Waals surface area contributed by atoms with Gasteiger partial charge >= 0.3 is 23.4 Å². The van der Waals surface area contributed by atoms with Gasteiger partial charge in [-0.3, -0.25) is 0 Å². The van der Waals surface area contributed by atoms with Crippen LogP contribution < -0.4 is 5.32 Å². The lowest BCUT2D eigenvalue weighted by atomic mass is 9.95. The third-order valence-electron chi connectivity index (χ3n) is 3.13. The summed E-state index contributed by atoms with van der Waals surface area (Å²) < 4.78 is 14.8. The summed E-state index contributed by atoms with van der Waals surface area (Å²) in [7, 11) is 2.36. The normalized spacial score (nSPS) is 37.8. The molecule has 110 valence electrons. The maximum absolute atomic E-state index is 12.0. The Morgan fingerprint density at radius 2 is 1.60 bits per heavy atom. The SMILES string of the molecule is CCO[C@]1(C)NC2(C(=O)OC)N=NC1(C(=O)OC)N=N2. The maximum atomic E-state index is 12.0. The molecule has 2 bridgehead atoms. The van der Waals surface area contributed by atoms with Gasteiger partial charge in [0.25, 0.3) is 0 Å². The highest BCUT2D eigenvalue weighted by molar-refractivity contribution is 5.85. The molecule has 0 spiro atoms. The zero-order valence-corrected chi connectivity index (χ0v) is 11.5. The molecular weight excluding hydrogens is 270 g/mol. The Kier molecular flexibility index (Phi) is 3.30. The van der Waals surface area contributed by atoms with E-state index in [2.05, 4.69) is 35.2 Å². The number of nitrogens with one attached hydrogen (secondary N) is 1. The molecule has 0 radical (unpaired) electrons. The molecule has 20 heavy (non-hydrogen) atoms. The van der Waals surface area contributed by atoms with Crippen LogP contribution in [0.15, 0.2) is 20.5 Å². The van der Waals surface area contributed by atoms with Crippen molar-refractivity contribution in [1.29, 1.82) is 0 Å². The maximum Gasteiger partial charge on any atom is 0.376 e. The summed E-state index contributed by atoms with van der Waals surface area (Å²) >= 11 is 0. The van der Waals surface area contributed by atoms with E-state index in [9.17, 15) is 9.59 Å². The van der Waals surface area contributed by atoms with Crippen LogP contribution in [0.5, 0.6) is 0 Å². The lowest BCUT2D eigenvalue weighted by Gasteiger charge is -2.48. The number of nitrogens with zero attached hydrogens (tertiary/aromatic N) is 4. The Morgan fingerprint density at radius 1 is 1.05 bits per heavy atom. The van der Waals surface area contributed by atoms with Gasteiger partial charge in [0.2, 0.25) is 0 Å². The molecule has 0 aromatic carbocycles. The Morgan fingerprint density at radius 3 is 2.05 bits per heavy atom. The van der Waals surface area contributed by atoms with Crippen LogP contribution in [0.4, 0.5) is 0 Å². The number of azo groups is 2. The molecular formula is C10H15N5O5. The lowest BCUT2D eigenvalue weighted by molar-refractivity contribution is -0.194. The van der Waals surface area contributed by atoms with Gasteiger partial charge in [-0.25, -0.2) is 14.9 Å². The molecule has 1 N–H and O–H groups in total. The minimum absolute atomic E-state index is 0.241. The predicted octanol–water partition coefficient (Wildman–Crippen LogP) is -0.0436. The van der Waals surface area contributed by atoms with E-state index in [-0.39, 0.29) is 6.61 Å². The largest absolute Gasteiger partial charge is 0.466 e. The molecule has 0 amide bonds. The van der Waals surface area contributed by atoms with E-state index in [0.29, 0.717) is 0 Å². The first-order valence-electron chi connectivity index (χ1n) is 5.88. The Bertz CT molecular complexity index is 490. The van der Waals surface area contributed by atoms with E-state index in [1.54, 1.807) is 6.92 Å². The molecule has 1 atom stereocenters. The number of ether oxygens (including phenoxy) is 3. The Hall–Kier alpha value is -1.94. The Labute approximate surface area is 114 Å². The number of esters is 2. The van der Waals surface area contributed by atoms with Crippen molar-refractivity contribution in [2.24, 2.45) is 20.5 Å². The highest BCUT2D eigenvalue weighted by Crippen LogP contribution is 2.43. The van der Waals surface area contributed by atoms with Gasteiger partial charge in [-0.05, 0) is 13.8 Å². The summed E-state index contributed by atoms with van der Waals surface area (Å²) in [6.45, 7) is 3.48. The standard InChI is InChI=1S/C10H15N5O5/c1-5-20-8(2)9(6(16)18-3)12-14-10(11-8,15-13-9)7(17)19-4/h11H,5H2,1-4H3/t8-,9?,10?/m0/s1. The molecule has 0 saturated carbocycles. The van der Waals surface area contributed by atoms with E-state index < -0.39 is 29.1 Å². The second-order valence-corrected chi connectivity index (χ2v) is 4.32. The molecule has 0 saturated heterocycles. The first kappa shape index (κ1) is 14.5. The average molecular weight is 285 g/mol. The summed E-state index contributed by atoms with van der Waals surface area (Å²) in [6.07, 6.45) is 0. The summed E-state index contributed by atoms with van der Waals surface area (Å²) in [5.41, 5.74) is -3.26. The number of carbonyl (C=O) groups excluding carboxylic acids is 2. The molecule has 10 nitrogen and oxygen atoms in total. The van der Waals surface area contributed by atoms with Crippen LogP contribution in [0.1, 0.15) is 13.8 Å². The van der Waals surface area contributed by atoms with E-state index in [1.165, 1.54) is 21.1 Å². The number of carbonyl (C=O) groups is 2. The third kappa shape index (κ3) is 1.64. The van der Waals surface area contributed by atoms with Gasteiger partial charge in [0, 0.05) is 6.61 Å². The fraction of sp³-hybridized carbons (Fsp3) is 0.800. The molecule has 0 aliphatic carbocycles. The van der Waals surface area contributed by atoms with E-state index >= 15 is 0 Å². The number of hydrogen-bond acceptors (Lipinski definition) is 10. The smallest absolute Gasteiger partial charge is 0.376 e. The fourth-order valence-corrected chi connectivity index (χ4v) is 2.11. The van der Waals surface area contributed by atoms with Crippen LogP contribution in [0, 0.1) is 0 Å². The van der Waals surface area contributed by atoms with Crippen LogP contribution in [-0.2, 0) is 23.8 Å². The summed E-state index contributed by atoms with van der Waals surface area (Å²) in [5, 5.41) is 17.8. The highest BCUT2D eigenvalue weighted by Gasteiger charge is 2.69. The predicted molar refractivity (Wildman–Crippen MR) is 62.4 cm³/mol. The molecule has 3 aliphatic rings. The van der Waals surface area contributed by atoms with Crippen LogP contribution in [0.3, 0.4) is 0 Å². The second kappa shape index (κ2) is 4.56. The monoisotopic (exact) mass is 285 g/mol. The van der Waals surface area contributed by atoms with Crippen molar-refractivity contribution in [3.05, 3.63) is 0 Å². The van der Waals surface area contributed by atoms with Crippen molar-refractivity contribution >= 4 is 11.9 Å². The summed E-state index contributed by atoms with van der Waals surface area (Å²) in [4.78, 5) is 23.8. The van der Waals surface area contributed by atoms with Crippen molar-refractivity contribution in [1.82, 2.24) is 5.32 Å². The number of rotatable bonds is 4. The molecule has 3 heterocycles. The topological polar surface area (TPSA) is 123 Å². The van der Waals surface area contributed by atoms with Gasteiger partial charge in [0.05, 0.1) is 14.2 Å². The fourth-order valence-electron chi connectivity index (χ4n) is 2.11. The van der Waals surface area contributed by atoms with Crippen molar-refractivity contribution in [3.8, 4) is 0 Å². The van der Waals surface area contributed by atoms with Gasteiger partial charge in [-0.2, -0.15) is 0 Å². The average Bonchev–Trinajstić information content (AvgIpc) is 2.46. The molecule has 0 fully saturated rings. The third-order valence-corrected chi connectivity index (χ3v) is 3.13. The summed E-state index contributed by atoms with van der Waals surface area (Å²) in [5.74, 6) is -3.45. The van der Waals surface area contributed by atoms with Crippen molar-refractivity contribution in [2.45, 2.75) is 31.0 Å². The molecule has 3 aliphatic heterocycles.